The minimum atomic E-state index is -4.15. The van der Waals surface area contributed by atoms with E-state index >= 15 is 0 Å². The predicted molar refractivity (Wildman–Crippen MR) is 115 cm³/mol. The van der Waals surface area contributed by atoms with Crippen molar-refractivity contribution in [1.82, 2.24) is 4.31 Å². The molecule has 132 valence electrons. The van der Waals surface area contributed by atoms with Gasteiger partial charge in [-0.05, 0) is 69.4 Å². The number of hydrogen-bond acceptors (Lipinski definition) is 4. The van der Waals surface area contributed by atoms with Crippen LogP contribution in [0, 0.1) is 7.14 Å². The summed E-state index contributed by atoms with van der Waals surface area (Å²) in [4.78, 5) is 11.3. The third-order valence-corrected chi connectivity index (χ3v) is 7.47. The van der Waals surface area contributed by atoms with Crippen LogP contribution in [0.25, 0.3) is 0 Å². The van der Waals surface area contributed by atoms with E-state index in [1.807, 2.05) is 45.2 Å². The van der Waals surface area contributed by atoms with E-state index in [-0.39, 0.29) is 34.5 Å². The summed E-state index contributed by atoms with van der Waals surface area (Å²) in [5.41, 5.74) is 0. The number of ether oxygens (including phenoxy) is 1. The number of nitrogens with zero attached hydrogens (tertiary/aromatic N) is 1. The van der Waals surface area contributed by atoms with E-state index in [2.05, 4.69) is 19.6 Å². The molecule has 1 aromatic carbocycles. The molecule has 0 saturated carbocycles. The average Bonchev–Trinajstić information content (AvgIpc) is 2.35. The van der Waals surface area contributed by atoms with E-state index in [0.717, 1.165) is 13.2 Å². The van der Waals surface area contributed by atoms with Crippen LogP contribution in [0.4, 0.5) is 4.79 Å². The third-order valence-electron chi connectivity index (χ3n) is 2.84. The van der Waals surface area contributed by atoms with Gasteiger partial charge in [-0.3, -0.25) is 0 Å². The van der Waals surface area contributed by atoms with E-state index in [1.54, 1.807) is 6.07 Å². The van der Waals surface area contributed by atoms with Crippen LogP contribution >= 0.6 is 45.2 Å². The predicted octanol–water partition coefficient (Wildman–Crippen LogP) is 3.23. The van der Waals surface area contributed by atoms with Gasteiger partial charge in [0.05, 0.1) is 4.90 Å². The Balaban J connectivity index is 0.00000529. The molecule has 1 aromatic rings. The molecule has 0 aliphatic carbocycles. The van der Waals surface area contributed by atoms with Crippen molar-refractivity contribution in [2.75, 3.05) is 13.3 Å². The van der Waals surface area contributed by atoms with E-state index < -0.39 is 30.9 Å². The number of carboxylic acid groups (broad SMARTS) is 1. The van der Waals surface area contributed by atoms with Crippen molar-refractivity contribution < 1.29 is 23.1 Å². The molecule has 0 spiro atoms. The standard InChI is InChI=1S/C13H19I2NO5SSi.Na.H/c1-23(2,3)5-4-21-9-16(13(17)18)22(19,20)12-7-10(14)6-11(15)8-12;;/h6-8H,4-5,9H2,1-3H3,(H,17,18);;. The van der Waals surface area contributed by atoms with Gasteiger partial charge in [0.1, 0.15) is 6.73 Å². The van der Waals surface area contributed by atoms with Crippen molar-refractivity contribution in [1.29, 1.82) is 0 Å². The molecule has 0 aromatic heterocycles. The molecular formula is C13H20I2NNaO5SSi. The second-order valence-electron chi connectivity index (χ2n) is 6.09. The van der Waals surface area contributed by atoms with Gasteiger partial charge in [-0.25, -0.2) is 13.2 Å². The van der Waals surface area contributed by atoms with Crippen LogP contribution < -0.4 is 0 Å². The Morgan fingerprint density at radius 3 is 2.12 bits per heavy atom. The number of benzene rings is 1. The molecule has 0 aliphatic heterocycles. The number of sulfonamides is 1. The maximum atomic E-state index is 12.5. The Kier molecular flexibility index (Phi) is 10.9. The second kappa shape index (κ2) is 10.4. The summed E-state index contributed by atoms with van der Waals surface area (Å²) in [5.74, 6) is 0. The second-order valence-corrected chi connectivity index (χ2v) is 16.1. The zero-order valence-electron chi connectivity index (χ0n) is 13.0. The van der Waals surface area contributed by atoms with Gasteiger partial charge in [0.25, 0.3) is 10.0 Å². The SMILES string of the molecule is C[Si](C)(C)CCOCN(C(=O)O)S(=O)(=O)c1cc(I)cc(I)c1.[NaH]. The van der Waals surface area contributed by atoms with Crippen molar-refractivity contribution in [3.63, 3.8) is 0 Å². The van der Waals surface area contributed by atoms with Gasteiger partial charge < -0.3 is 9.84 Å². The molecule has 0 unspecified atom stereocenters. The Morgan fingerprint density at radius 2 is 1.71 bits per heavy atom. The maximum absolute atomic E-state index is 12.5. The quantitative estimate of drug-likeness (QED) is 0.223. The Labute approximate surface area is 193 Å². The van der Waals surface area contributed by atoms with Crippen molar-refractivity contribution in [3.05, 3.63) is 25.3 Å². The van der Waals surface area contributed by atoms with Crippen molar-refractivity contribution in [3.8, 4) is 0 Å². The molecule has 11 heteroatoms. The number of hydrogen-bond donors (Lipinski definition) is 1. The molecule has 0 bridgehead atoms. The third kappa shape index (κ3) is 8.18. The number of amides is 1. The molecule has 0 heterocycles. The van der Waals surface area contributed by atoms with Crippen LogP contribution in [0.15, 0.2) is 23.1 Å². The Hall–Kier alpha value is 1.08. The topological polar surface area (TPSA) is 83.9 Å². The minimum absolute atomic E-state index is 0. The van der Waals surface area contributed by atoms with Gasteiger partial charge in [-0.1, -0.05) is 19.6 Å². The first-order valence-corrected chi connectivity index (χ1v) is 14.0. The van der Waals surface area contributed by atoms with Gasteiger partial charge in [0, 0.05) is 21.8 Å². The summed E-state index contributed by atoms with van der Waals surface area (Å²) in [6.07, 6.45) is -1.55. The van der Waals surface area contributed by atoms with Crippen LogP contribution in [0.2, 0.25) is 25.7 Å². The molecule has 0 fully saturated rings. The van der Waals surface area contributed by atoms with Gasteiger partial charge >= 0.3 is 35.7 Å². The molecule has 0 radical (unpaired) electrons. The van der Waals surface area contributed by atoms with E-state index in [1.165, 1.54) is 12.1 Å². The summed E-state index contributed by atoms with van der Waals surface area (Å²) in [6.45, 7) is 6.34. The first-order chi connectivity index (χ1) is 10.4. The fraction of sp³-hybridized carbons (Fsp3) is 0.462. The fourth-order valence-corrected chi connectivity index (χ4v) is 5.90. The summed E-state index contributed by atoms with van der Waals surface area (Å²) in [5, 5.41) is 9.24. The summed E-state index contributed by atoms with van der Waals surface area (Å²) >= 11 is 3.99. The van der Waals surface area contributed by atoms with E-state index in [0.29, 0.717) is 10.9 Å². The van der Waals surface area contributed by atoms with Crippen LogP contribution in [-0.2, 0) is 14.8 Å². The molecule has 1 rings (SSSR count). The summed E-state index contributed by atoms with van der Waals surface area (Å²) < 4.78 is 32.2. The molecule has 0 atom stereocenters. The van der Waals surface area contributed by atoms with Crippen molar-refractivity contribution >= 4 is 98.9 Å². The van der Waals surface area contributed by atoms with E-state index in [4.69, 9.17) is 4.74 Å². The number of rotatable bonds is 7. The normalized spacial score (nSPS) is 11.7. The van der Waals surface area contributed by atoms with Crippen molar-refractivity contribution in [2.45, 2.75) is 30.6 Å². The monoisotopic (exact) mass is 607 g/mol. The Morgan fingerprint density at radius 1 is 1.21 bits per heavy atom. The molecule has 24 heavy (non-hydrogen) atoms. The fourth-order valence-electron chi connectivity index (χ4n) is 1.56. The van der Waals surface area contributed by atoms with Crippen molar-refractivity contribution in [2.24, 2.45) is 0 Å². The molecule has 1 amide bonds. The average molecular weight is 607 g/mol. The van der Waals surface area contributed by atoms with Gasteiger partial charge in [0.15, 0.2) is 0 Å². The number of halogens is 2. The van der Waals surface area contributed by atoms with Gasteiger partial charge in [-0.2, -0.15) is 4.31 Å². The zero-order chi connectivity index (χ0) is 17.8. The summed E-state index contributed by atoms with van der Waals surface area (Å²) in [6, 6.07) is 5.52. The molecule has 6 nitrogen and oxygen atoms in total. The first kappa shape index (κ1) is 25.1. The number of carbonyl (C=O) groups is 1. The molecular weight excluding hydrogens is 587 g/mol. The van der Waals surface area contributed by atoms with Crippen LogP contribution in [0.3, 0.4) is 0 Å². The zero-order valence-corrected chi connectivity index (χ0v) is 19.2. The molecule has 0 saturated heterocycles. The van der Waals surface area contributed by atoms with E-state index in [9.17, 15) is 18.3 Å². The van der Waals surface area contributed by atoms with Gasteiger partial charge in [0.2, 0.25) is 0 Å². The molecule has 0 aliphatic rings. The summed E-state index contributed by atoms with van der Waals surface area (Å²) in [7, 11) is -5.47. The first-order valence-electron chi connectivity index (χ1n) is 6.73. The van der Waals surface area contributed by atoms with Crippen LogP contribution in [0.5, 0.6) is 0 Å². The molecule has 1 N–H and O–H groups in total. The van der Waals surface area contributed by atoms with Crippen LogP contribution in [-0.4, -0.2) is 74.9 Å². The van der Waals surface area contributed by atoms with Gasteiger partial charge in [-0.15, -0.1) is 0 Å². The van der Waals surface area contributed by atoms with Crippen LogP contribution in [0.1, 0.15) is 0 Å². The Bertz CT molecular complexity index is 661.